The van der Waals surface area contributed by atoms with E-state index >= 15 is 0 Å². The number of rotatable bonds is 8. The molecule has 2 heterocycles. The summed E-state index contributed by atoms with van der Waals surface area (Å²) in [7, 11) is 0. The highest BCUT2D eigenvalue weighted by molar-refractivity contribution is 7.98. The summed E-state index contributed by atoms with van der Waals surface area (Å²) >= 11 is 1.88. The quantitative estimate of drug-likeness (QED) is 0.429. The largest absolute Gasteiger partial charge is 0.357 e. The van der Waals surface area contributed by atoms with E-state index in [-0.39, 0.29) is 0 Å². The van der Waals surface area contributed by atoms with Crippen LogP contribution in [-0.4, -0.2) is 60.1 Å². The summed E-state index contributed by atoms with van der Waals surface area (Å²) in [6.07, 6.45) is 7.47. The third-order valence-electron chi connectivity index (χ3n) is 4.16. The molecule has 0 unspecified atom stereocenters. The number of nitrogens with zero attached hydrogens (tertiary/aromatic N) is 3. The van der Waals surface area contributed by atoms with Crippen molar-refractivity contribution in [2.45, 2.75) is 38.8 Å². The van der Waals surface area contributed by atoms with Crippen LogP contribution in [0.3, 0.4) is 0 Å². The normalized spacial score (nSPS) is 17.0. The predicted molar refractivity (Wildman–Crippen MR) is 105 cm³/mol. The number of guanidine groups is 1. The zero-order valence-electron chi connectivity index (χ0n) is 15.0. The number of hydrogen-bond donors (Lipinski definition) is 2. The Morgan fingerprint density at radius 3 is 2.88 bits per heavy atom. The second kappa shape index (κ2) is 11.3. The zero-order chi connectivity index (χ0) is 17.0. The second-order valence-electron chi connectivity index (χ2n) is 6.12. The van der Waals surface area contributed by atoms with Crippen LogP contribution in [-0.2, 0) is 6.54 Å². The van der Waals surface area contributed by atoms with Gasteiger partial charge in [-0.2, -0.15) is 11.8 Å². The van der Waals surface area contributed by atoms with Crippen molar-refractivity contribution >= 4 is 17.7 Å². The number of thioether (sulfide) groups is 1. The number of nitrogens with one attached hydrogen (secondary N) is 2. The number of aliphatic imine (C=N–C) groups is 1. The summed E-state index contributed by atoms with van der Waals surface area (Å²) < 4.78 is 0. The average Bonchev–Trinajstić information content (AvgIpc) is 2.61. The molecule has 0 saturated carbocycles. The van der Waals surface area contributed by atoms with E-state index in [1.165, 1.54) is 5.75 Å². The van der Waals surface area contributed by atoms with Gasteiger partial charge in [-0.05, 0) is 50.3 Å². The van der Waals surface area contributed by atoms with Crippen LogP contribution < -0.4 is 10.6 Å². The van der Waals surface area contributed by atoms with E-state index in [1.807, 2.05) is 24.0 Å². The summed E-state index contributed by atoms with van der Waals surface area (Å²) in [5.74, 6) is 2.15. The maximum atomic E-state index is 4.69. The molecular formula is C18H31N5S. The van der Waals surface area contributed by atoms with Crippen LogP contribution in [0.1, 0.15) is 31.9 Å². The molecule has 2 N–H and O–H groups in total. The maximum absolute atomic E-state index is 4.69. The van der Waals surface area contributed by atoms with Gasteiger partial charge in [0.1, 0.15) is 0 Å². The predicted octanol–water partition coefficient (Wildman–Crippen LogP) is 2.35. The summed E-state index contributed by atoms with van der Waals surface area (Å²) in [5, 5.41) is 6.97. The molecule has 5 nitrogen and oxygen atoms in total. The molecule has 24 heavy (non-hydrogen) atoms. The highest BCUT2D eigenvalue weighted by Gasteiger charge is 2.20. The molecule has 0 bridgehead atoms. The molecule has 0 aliphatic carbocycles. The lowest BCUT2D eigenvalue weighted by atomic mass is 10.0. The molecule has 0 spiro atoms. The minimum absolute atomic E-state index is 0.517. The molecule has 1 aliphatic rings. The van der Waals surface area contributed by atoms with E-state index in [0.717, 1.165) is 63.6 Å². The Balaban J connectivity index is 1.73. The van der Waals surface area contributed by atoms with Gasteiger partial charge in [0.25, 0.3) is 0 Å². The van der Waals surface area contributed by atoms with Gasteiger partial charge in [-0.1, -0.05) is 6.07 Å². The van der Waals surface area contributed by atoms with E-state index in [1.54, 1.807) is 0 Å². The van der Waals surface area contributed by atoms with Crippen LogP contribution >= 0.6 is 11.8 Å². The SMILES string of the molecule is CCNC(=NCCCSC)NC1CCN(Cc2ccccn2)CC1. The summed E-state index contributed by atoms with van der Waals surface area (Å²) in [6, 6.07) is 6.66. The van der Waals surface area contributed by atoms with Gasteiger partial charge in [-0.3, -0.25) is 14.9 Å². The Hall–Kier alpha value is -1.27. The first-order valence-electron chi connectivity index (χ1n) is 8.98. The smallest absolute Gasteiger partial charge is 0.191 e. The van der Waals surface area contributed by atoms with Crippen LogP contribution in [0.15, 0.2) is 29.4 Å². The van der Waals surface area contributed by atoms with E-state index in [9.17, 15) is 0 Å². The van der Waals surface area contributed by atoms with Gasteiger partial charge in [0.2, 0.25) is 0 Å². The Bertz CT molecular complexity index is 472. The molecule has 1 aliphatic heterocycles. The number of aromatic nitrogens is 1. The van der Waals surface area contributed by atoms with Gasteiger partial charge in [0.15, 0.2) is 5.96 Å². The second-order valence-corrected chi connectivity index (χ2v) is 7.11. The zero-order valence-corrected chi connectivity index (χ0v) is 15.8. The van der Waals surface area contributed by atoms with Crippen molar-refractivity contribution in [1.82, 2.24) is 20.5 Å². The molecule has 0 amide bonds. The Labute approximate surface area is 150 Å². The molecule has 1 saturated heterocycles. The number of piperidine rings is 1. The first-order valence-corrected chi connectivity index (χ1v) is 10.4. The summed E-state index contributed by atoms with van der Waals surface area (Å²) in [6.45, 7) is 7.10. The first-order chi connectivity index (χ1) is 11.8. The minimum Gasteiger partial charge on any atom is -0.357 e. The first kappa shape index (κ1) is 19.1. The van der Waals surface area contributed by atoms with Crippen molar-refractivity contribution in [2.24, 2.45) is 4.99 Å². The van der Waals surface area contributed by atoms with Crippen LogP contribution in [0.5, 0.6) is 0 Å². The number of pyridine rings is 1. The highest BCUT2D eigenvalue weighted by atomic mass is 32.2. The molecule has 0 radical (unpaired) electrons. The molecule has 1 aromatic heterocycles. The molecular weight excluding hydrogens is 318 g/mol. The van der Waals surface area contributed by atoms with Crippen LogP contribution in [0.4, 0.5) is 0 Å². The van der Waals surface area contributed by atoms with Crippen molar-refractivity contribution < 1.29 is 0 Å². The maximum Gasteiger partial charge on any atom is 0.191 e. The van der Waals surface area contributed by atoms with Crippen LogP contribution in [0, 0.1) is 0 Å². The summed E-state index contributed by atoms with van der Waals surface area (Å²) in [4.78, 5) is 11.6. The van der Waals surface area contributed by atoms with Gasteiger partial charge in [0.05, 0.1) is 5.69 Å². The lowest BCUT2D eigenvalue weighted by molar-refractivity contribution is 0.196. The standard InChI is InChI=1S/C18H31N5S/c1-3-19-18(21-11-6-14-24-2)22-16-8-12-23(13-9-16)15-17-7-4-5-10-20-17/h4-5,7,10,16H,3,6,8-9,11-15H2,1-2H3,(H2,19,21,22). The fourth-order valence-electron chi connectivity index (χ4n) is 2.87. The molecule has 1 aromatic rings. The molecule has 0 atom stereocenters. The molecule has 134 valence electrons. The highest BCUT2D eigenvalue weighted by Crippen LogP contribution is 2.12. The van der Waals surface area contributed by atoms with Gasteiger partial charge in [-0.25, -0.2) is 0 Å². The third-order valence-corrected chi connectivity index (χ3v) is 4.86. The molecule has 0 aromatic carbocycles. The fourth-order valence-corrected chi connectivity index (χ4v) is 3.29. The van der Waals surface area contributed by atoms with Gasteiger partial charge < -0.3 is 10.6 Å². The number of likely N-dealkylation sites (tertiary alicyclic amines) is 1. The Kier molecular flexibility index (Phi) is 8.98. The third kappa shape index (κ3) is 7.09. The molecule has 2 rings (SSSR count). The molecule has 1 fully saturated rings. The van der Waals surface area contributed by atoms with Crippen molar-refractivity contribution in [3.05, 3.63) is 30.1 Å². The van der Waals surface area contributed by atoms with E-state index in [4.69, 9.17) is 0 Å². The van der Waals surface area contributed by atoms with Crippen LogP contribution in [0.25, 0.3) is 0 Å². The van der Waals surface area contributed by atoms with Gasteiger partial charge in [-0.15, -0.1) is 0 Å². The lowest BCUT2D eigenvalue weighted by Gasteiger charge is -2.32. The minimum atomic E-state index is 0.517. The Morgan fingerprint density at radius 1 is 1.38 bits per heavy atom. The van der Waals surface area contributed by atoms with Gasteiger partial charge >= 0.3 is 0 Å². The van der Waals surface area contributed by atoms with Crippen molar-refractivity contribution in [1.29, 1.82) is 0 Å². The average molecular weight is 350 g/mol. The lowest BCUT2D eigenvalue weighted by Crippen LogP contribution is -2.48. The van der Waals surface area contributed by atoms with Crippen molar-refractivity contribution in [3.8, 4) is 0 Å². The fraction of sp³-hybridized carbons (Fsp3) is 0.667. The molecule has 6 heteroatoms. The topological polar surface area (TPSA) is 52.6 Å². The monoisotopic (exact) mass is 349 g/mol. The van der Waals surface area contributed by atoms with Gasteiger partial charge in [0, 0.05) is 45.0 Å². The van der Waals surface area contributed by atoms with E-state index < -0.39 is 0 Å². The van der Waals surface area contributed by atoms with E-state index in [0.29, 0.717) is 6.04 Å². The van der Waals surface area contributed by atoms with Crippen molar-refractivity contribution in [3.63, 3.8) is 0 Å². The van der Waals surface area contributed by atoms with Crippen molar-refractivity contribution in [2.75, 3.05) is 38.2 Å². The number of hydrogen-bond acceptors (Lipinski definition) is 4. The summed E-state index contributed by atoms with van der Waals surface area (Å²) in [5.41, 5.74) is 1.16. The van der Waals surface area contributed by atoms with E-state index in [2.05, 4.69) is 50.8 Å². The Morgan fingerprint density at radius 2 is 2.21 bits per heavy atom. The van der Waals surface area contributed by atoms with Crippen LogP contribution in [0.2, 0.25) is 0 Å².